The van der Waals surface area contributed by atoms with E-state index in [1.54, 1.807) is 12.3 Å². The van der Waals surface area contributed by atoms with E-state index in [1.807, 2.05) is 13.0 Å². The molecular formula is C22H22F3N5O. The van der Waals surface area contributed by atoms with Crippen LogP contribution in [0.5, 0.6) is 0 Å². The minimum Gasteiger partial charge on any atom is -0.380 e. The fourth-order valence-corrected chi connectivity index (χ4v) is 4.32. The monoisotopic (exact) mass is 429 g/mol. The average Bonchev–Trinajstić information content (AvgIpc) is 2.65. The molecule has 1 N–H and O–H groups in total. The van der Waals surface area contributed by atoms with Gasteiger partial charge in [-0.05, 0) is 37.1 Å². The van der Waals surface area contributed by atoms with E-state index in [2.05, 4.69) is 25.4 Å². The molecule has 31 heavy (non-hydrogen) atoms. The summed E-state index contributed by atoms with van der Waals surface area (Å²) in [6, 6.07) is 6.20. The number of benzene rings is 1. The Morgan fingerprint density at radius 2 is 1.90 bits per heavy atom. The second kappa shape index (κ2) is 7.05. The lowest BCUT2D eigenvalue weighted by Crippen LogP contribution is -2.66. The maximum absolute atomic E-state index is 13.2. The maximum Gasteiger partial charge on any atom is 0.416 e. The van der Waals surface area contributed by atoms with Crippen LogP contribution in [-0.4, -0.2) is 41.5 Å². The van der Waals surface area contributed by atoms with E-state index in [0.717, 1.165) is 54.7 Å². The van der Waals surface area contributed by atoms with Crippen molar-refractivity contribution in [1.29, 1.82) is 0 Å². The molecule has 2 aliphatic heterocycles. The number of ether oxygens (including phenoxy) is 1. The molecule has 2 saturated heterocycles. The average molecular weight is 429 g/mol. The number of pyridine rings is 1. The Hall–Kier alpha value is -2.94. The fraction of sp³-hybridized carbons (Fsp3) is 0.409. The molecular weight excluding hydrogens is 407 g/mol. The minimum absolute atomic E-state index is 0.211. The van der Waals surface area contributed by atoms with Crippen LogP contribution in [0.15, 0.2) is 30.5 Å². The van der Waals surface area contributed by atoms with Crippen molar-refractivity contribution in [2.45, 2.75) is 26.6 Å². The Balaban J connectivity index is 1.42. The van der Waals surface area contributed by atoms with Gasteiger partial charge in [-0.1, -0.05) is 12.1 Å². The molecule has 6 nitrogen and oxygen atoms in total. The van der Waals surface area contributed by atoms with Crippen LogP contribution < -0.4 is 10.2 Å². The van der Waals surface area contributed by atoms with Gasteiger partial charge in [0.2, 0.25) is 0 Å². The number of hydrogen-bond donors (Lipinski definition) is 1. The highest BCUT2D eigenvalue weighted by Gasteiger charge is 2.49. The number of alkyl halides is 3. The summed E-state index contributed by atoms with van der Waals surface area (Å²) in [5.74, 6) is 1.39. The summed E-state index contributed by atoms with van der Waals surface area (Å²) in [6.07, 6.45) is -2.59. The molecule has 2 aromatic heterocycles. The van der Waals surface area contributed by atoms with Crippen molar-refractivity contribution in [2.75, 3.05) is 36.5 Å². The van der Waals surface area contributed by atoms with Gasteiger partial charge < -0.3 is 15.0 Å². The number of hydrogen-bond acceptors (Lipinski definition) is 6. The van der Waals surface area contributed by atoms with Crippen LogP contribution in [0.3, 0.4) is 0 Å². The summed E-state index contributed by atoms with van der Waals surface area (Å²) in [5, 5.41) is 13.4. The topological polar surface area (TPSA) is 63.2 Å². The van der Waals surface area contributed by atoms with E-state index < -0.39 is 11.7 Å². The largest absolute Gasteiger partial charge is 0.416 e. The van der Waals surface area contributed by atoms with Crippen molar-refractivity contribution in [3.8, 4) is 0 Å². The quantitative estimate of drug-likeness (QED) is 0.674. The van der Waals surface area contributed by atoms with Crippen LogP contribution in [0, 0.1) is 19.3 Å². The summed E-state index contributed by atoms with van der Waals surface area (Å²) in [4.78, 5) is 6.80. The van der Waals surface area contributed by atoms with Crippen molar-refractivity contribution in [2.24, 2.45) is 5.41 Å². The zero-order chi connectivity index (χ0) is 21.8. The summed E-state index contributed by atoms with van der Waals surface area (Å²) < 4.78 is 45.0. The Labute approximate surface area is 177 Å². The number of fused-ring (bicyclic) bond motifs is 1. The molecule has 0 amide bonds. The SMILES string of the molecule is Cc1c(CNc2nnc(C)c3cnc(N4CC5(COC5)C4)cc23)cccc1C(F)(F)F. The molecule has 162 valence electrons. The summed E-state index contributed by atoms with van der Waals surface area (Å²) in [5.41, 5.74) is 1.18. The highest BCUT2D eigenvalue weighted by Crippen LogP contribution is 2.40. The number of rotatable bonds is 4. The second-order valence-corrected chi connectivity index (χ2v) is 8.51. The third-order valence-corrected chi connectivity index (χ3v) is 6.23. The van der Waals surface area contributed by atoms with Gasteiger partial charge in [-0.3, -0.25) is 0 Å². The van der Waals surface area contributed by atoms with E-state index in [4.69, 9.17) is 4.74 Å². The highest BCUT2D eigenvalue weighted by atomic mass is 19.4. The third-order valence-electron chi connectivity index (χ3n) is 6.23. The van der Waals surface area contributed by atoms with Crippen molar-refractivity contribution in [1.82, 2.24) is 15.2 Å². The molecule has 2 fully saturated rings. The van der Waals surface area contributed by atoms with E-state index in [1.165, 1.54) is 13.0 Å². The van der Waals surface area contributed by atoms with Gasteiger partial charge in [0.05, 0.1) is 29.9 Å². The molecule has 9 heteroatoms. The number of nitrogens with zero attached hydrogens (tertiary/aromatic N) is 4. The van der Waals surface area contributed by atoms with Crippen LogP contribution in [0.4, 0.5) is 24.8 Å². The maximum atomic E-state index is 13.2. The molecule has 0 aliphatic carbocycles. The zero-order valence-electron chi connectivity index (χ0n) is 17.3. The summed E-state index contributed by atoms with van der Waals surface area (Å²) in [7, 11) is 0. The first-order valence-electron chi connectivity index (χ1n) is 10.1. The van der Waals surface area contributed by atoms with Crippen LogP contribution in [-0.2, 0) is 17.5 Å². The van der Waals surface area contributed by atoms with Gasteiger partial charge >= 0.3 is 6.18 Å². The molecule has 0 unspecified atom stereocenters. The van der Waals surface area contributed by atoms with Crippen LogP contribution >= 0.6 is 0 Å². The molecule has 0 atom stereocenters. The lowest BCUT2D eigenvalue weighted by atomic mass is 9.78. The van der Waals surface area contributed by atoms with E-state index >= 15 is 0 Å². The molecule has 3 aromatic rings. The van der Waals surface area contributed by atoms with Crippen LogP contribution in [0.25, 0.3) is 10.8 Å². The Kier molecular flexibility index (Phi) is 4.55. The zero-order valence-corrected chi connectivity index (χ0v) is 17.3. The van der Waals surface area contributed by atoms with E-state index in [9.17, 15) is 13.2 Å². The Bertz CT molecular complexity index is 1150. The predicted molar refractivity (Wildman–Crippen MR) is 111 cm³/mol. The van der Waals surface area contributed by atoms with Gasteiger partial charge in [-0.2, -0.15) is 18.3 Å². The molecule has 4 heterocycles. The number of halogens is 3. The molecule has 1 aromatic carbocycles. The number of anilines is 2. The molecule has 0 bridgehead atoms. The van der Waals surface area contributed by atoms with Gasteiger partial charge in [-0.25, -0.2) is 4.98 Å². The van der Waals surface area contributed by atoms with E-state index in [0.29, 0.717) is 11.4 Å². The predicted octanol–water partition coefficient (Wildman–Crippen LogP) is 4.11. The molecule has 0 saturated carbocycles. The molecule has 1 spiro atoms. The number of aryl methyl sites for hydroxylation is 1. The lowest BCUT2D eigenvalue weighted by molar-refractivity contribution is -0.138. The highest BCUT2D eigenvalue weighted by molar-refractivity contribution is 5.94. The summed E-state index contributed by atoms with van der Waals surface area (Å²) >= 11 is 0. The second-order valence-electron chi connectivity index (χ2n) is 8.51. The first kappa shape index (κ1) is 20.0. The van der Waals surface area contributed by atoms with Crippen LogP contribution in [0.1, 0.15) is 22.4 Å². The number of aromatic nitrogens is 3. The Morgan fingerprint density at radius 1 is 1.13 bits per heavy atom. The van der Waals surface area contributed by atoms with Gasteiger partial charge in [0.15, 0.2) is 5.82 Å². The molecule has 0 radical (unpaired) electrons. The van der Waals surface area contributed by atoms with Crippen LogP contribution in [0.2, 0.25) is 0 Å². The smallest absolute Gasteiger partial charge is 0.380 e. The van der Waals surface area contributed by atoms with Gasteiger partial charge in [0, 0.05) is 36.6 Å². The van der Waals surface area contributed by atoms with E-state index in [-0.39, 0.29) is 17.5 Å². The first-order chi connectivity index (χ1) is 14.8. The van der Waals surface area contributed by atoms with Gasteiger partial charge in [-0.15, -0.1) is 5.10 Å². The first-order valence-corrected chi connectivity index (χ1v) is 10.1. The van der Waals surface area contributed by atoms with Crippen molar-refractivity contribution < 1.29 is 17.9 Å². The third kappa shape index (κ3) is 3.46. The number of nitrogens with one attached hydrogen (secondary N) is 1. The standard InChI is InChI=1S/C22H22F3N5O/c1-13-15(4-3-5-18(13)22(23,24)25)7-27-20-16-6-19(26-8-17(16)14(2)28-29-20)30-9-21(10-30)11-31-12-21/h3-6,8H,7,9-12H2,1-2H3,(H,27,29). The normalized spacial score (nSPS) is 17.5. The summed E-state index contributed by atoms with van der Waals surface area (Å²) in [6.45, 7) is 6.98. The van der Waals surface area contributed by atoms with Gasteiger partial charge in [0.25, 0.3) is 0 Å². The fourth-order valence-electron chi connectivity index (χ4n) is 4.32. The molecule has 2 aliphatic rings. The Morgan fingerprint density at radius 3 is 2.58 bits per heavy atom. The lowest BCUT2D eigenvalue weighted by Gasteiger charge is -2.55. The van der Waals surface area contributed by atoms with Crippen molar-refractivity contribution >= 4 is 22.4 Å². The van der Waals surface area contributed by atoms with Gasteiger partial charge in [0.1, 0.15) is 5.82 Å². The van der Waals surface area contributed by atoms with Crippen molar-refractivity contribution in [3.05, 3.63) is 52.8 Å². The molecule has 5 rings (SSSR count). The minimum atomic E-state index is -4.38. The van der Waals surface area contributed by atoms with Crippen molar-refractivity contribution in [3.63, 3.8) is 0 Å².